The van der Waals surface area contributed by atoms with E-state index in [1.165, 1.54) is 19.4 Å². The molecule has 0 atom stereocenters. The number of rotatable bonds is 5. The Morgan fingerprint density at radius 2 is 2.33 bits per heavy atom. The number of anilines is 1. The topological polar surface area (TPSA) is 90.4 Å². The highest BCUT2D eigenvalue weighted by molar-refractivity contribution is 5.57. The minimum atomic E-state index is -0.486. The average molecular weight is 249 g/mol. The maximum absolute atomic E-state index is 10.7. The van der Waals surface area contributed by atoms with Crippen LogP contribution in [0.25, 0.3) is 0 Å². The number of methoxy groups -OCH3 is 1. The number of nitro benzene ring substituents is 1. The van der Waals surface area contributed by atoms with Crippen molar-refractivity contribution in [3.05, 3.63) is 46.3 Å². The second kappa shape index (κ2) is 5.17. The average Bonchev–Trinajstić information content (AvgIpc) is 2.88. The highest BCUT2D eigenvalue weighted by atomic mass is 16.6. The van der Waals surface area contributed by atoms with Crippen LogP contribution in [0.1, 0.15) is 5.69 Å². The summed E-state index contributed by atoms with van der Waals surface area (Å²) in [4.78, 5) is 10.2. The molecule has 1 aromatic carbocycles. The summed E-state index contributed by atoms with van der Waals surface area (Å²) in [5.41, 5.74) is 1.39. The van der Waals surface area contributed by atoms with Crippen LogP contribution in [0, 0.1) is 10.1 Å². The van der Waals surface area contributed by atoms with Gasteiger partial charge in [-0.1, -0.05) is 5.16 Å². The summed E-state index contributed by atoms with van der Waals surface area (Å²) in [5, 5.41) is 17.5. The zero-order chi connectivity index (χ0) is 13.0. The fourth-order valence-corrected chi connectivity index (χ4v) is 1.46. The molecule has 0 radical (unpaired) electrons. The Morgan fingerprint density at radius 1 is 1.50 bits per heavy atom. The number of hydrogen-bond donors (Lipinski definition) is 1. The largest absolute Gasteiger partial charge is 0.490 e. The van der Waals surface area contributed by atoms with Gasteiger partial charge in [0.05, 0.1) is 18.6 Å². The summed E-state index contributed by atoms with van der Waals surface area (Å²) in [6.45, 7) is 0.470. The lowest BCUT2D eigenvalue weighted by Gasteiger charge is -2.06. The van der Waals surface area contributed by atoms with Gasteiger partial charge in [-0.3, -0.25) is 10.1 Å². The van der Waals surface area contributed by atoms with Gasteiger partial charge >= 0.3 is 5.69 Å². The molecule has 94 valence electrons. The highest BCUT2D eigenvalue weighted by Crippen LogP contribution is 2.29. The molecule has 0 fully saturated rings. The van der Waals surface area contributed by atoms with Crippen molar-refractivity contribution < 1.29 is 14.2 Å². The van der Waals surface area contributed by atoms with Crippen LogP contribution in [0.3, 0.4) is 0 Å². The van der Waals surface area contributed by atoms with E-state index in [-0.39, 0.29) is 11.4 Å². The number of benzene rings is 1. The third kappa shape index (κ3) is 2.57. The van der Waals surface area contributed by atoms with Gasteiger partial charge in [-0.15, -0.1) is 0 Å². The van der Waals surface area contributed by atoms with Crippen molar-refractivity contribution in [3.63, 3.8) is 0 Å². The van der Waals surface area contributed by atoms with E-state index in [9.17, 15) is 10.1 Å². The predicted molar refractivity (Wildman–Crippen MR) is 63.5 cm³/mol. The summed E-state index contributed by atoms with van der Waals surface area (Å²) in [6, 6.07) is 6.30. The van der Waals surface area contributed by atoms with Crippen LogP contribution in [-0.2, 0) is 6.54 Å². The standard InChI is InChI=1S/C11H11N3O4/c1-17-11-6-8(2-3-10(11)14(15)16)12-7-9-4-5-18-13-9/h2-6,12H,7H2,1H3. The molecule has 0 unspecified atom stereocenters. The Morgan fingerprint density at radius 3 is 2.94 bits per heavy atom. The van der Waals surface area contributed by atoms with Gasteiger partial charge in [0.15, 0.2) is 5.75 Å². The van der Waals surface area contributed by atoms with Crippen molar-refractivity contribution in [2.45, 2.75) is 6.54 Å². The van der Waals surface area contributed by atoms with Gasteiger partial charge in [0.25, 0.3) is 0 Å². The summed E-state index contributed by atoms with van der Waals surface area (Å²) in [7, 11) is 1.39. The lowest BCUT2D eigenvalue weighted by atomic mass is 10.2. The monoisotopic (exact) mass is 249 g/mol. The molecule has 0 aliphatic rings. The molecule has 2 rings (SSSR count). The van der Waals surface area contributed by atoms with Crippen LogP contribution in [0.2, 0.25) is 0 Å². The van der Waals surface area contributed by atoms with E-state index in [1.807, 2.05) is 0 Å². The molecule has 7 nitrogen and oxygen atoms in total. The molecule has 18 heavy (non-hydrogen) atoms. The van der Waals surface area contributed by atoms with Gasteiger partial charge in [-0.25, -0.2) is 0 Å². The van der Waals surface area contributed by atoms with E-state index in [0.29, 0.717) is 12.2 Å². The molecule has 1 N–H and O–H groups in total. The van der Waals surface area contributed by atoms with Crippen molar-refractivity contribution in [2.75, 3.05) is 12.4 Å². The molecule has 0 saturated carbocycles. The molecule has 0 spiro atoms. The SMILES string of the molecule is COc1cc(NCc2ccon2)ccc1[N+](=O)[O-]. The first-order chi connectivity index (χ1) is 8.70. The van der Waals surface area contributed by atoms with Crippen LogP contribution in [0.5, 0.6) is 5.75 Å². The van der Waals surface area contributed by atoms with E-state index in [4.69, 9.17) is 9.26 Å². The van der Waals surface area contributed by atoms with E-state index in [0.717, 1.165) is 5.69 Å². The quantitative estimate of drug-likeness (QED) is 0.645. The minimum Gasteiger partial charge on any atom is -0.490 e. The van der Waals surface area contributed by atoms with Crippen LogP contribution < -0.4 is 10.1 Å². The number of hydrogen-bond acceptors (Lipinski definition) is 6. The van der Waals surface area contributed by atoms with E-state index in [2.05, 4.69) is 10.5 Å². The fourth-order valence-electron chi connectivity index (χ4n) is 1.46. The zero-order valence-electron chi connectivity index (χ0n) is 9.62. The third-order valence-corrected chi connectivity index (χ3v) is 2.34. The summed E-state index contributed by atoms with van der Waals surface area (Å²) < 4.78 is 9.66. The Labute approximate surface area is 103 Å². The van der Waals surface area contributed by atoms with Crippen molar-refractivity contribution >= 4 is 11.4 Å². The number of nitrogens with zero attached hydrogens (tertiary/aromatic N) is 2. The van der Waals surface area contributed by atoms with Crippen LogP contribution >= 0.6 is 0 Å². The molecular weight excluding hydrogens is 238 g/mol. The summed E-state index contributed by atoms with van der Waals surface area (Å²) in [5.74, 6) is 0.213. The van der Waals surface area contributed by atoms with Gasteiger partial charge in [0, 0.05) is 23.9 Å². The first-order valence-corrected chi connectivity index (χ1v) is 5.16. The Hall–Kier alpha value is -2.57. The molecule has 0 amide bonds. The number of ether oxygens (including phenoxy) is 1. The summed E-state index contributed by atoms with van der Waals surface area (Å²) >= 11 is 0. The first-order valence-electron chi connectivity index (χ1n) is 5.16. The van der Waals surface area contributed by atoms with Crippen molar-refractivity contribution in [1.29, 1.82) is 0 Å². The lowest BCUT2D eigenvalue weighted by molar-refractivity contribution is -0.385. The second-order valence-corrected chi connectivity index (χ2v) is 3.49. The van der Waals surface area contributed by atoms with Gasteiger partial charge in [0.2, 0.25) is 0 Å². The molecule has 0 saturated heterocycles. The molecule has 0 aliphatic heterocycles. The highest BCUT2D eigenvalue weighted by Gasteiger charge is 2.14. The maximum atomic E-state index is 10.7. The van der Waals surface area contributed by atoms with Crippen molar-refractivity contribution in [1.82, 2.24) is 5.16 Å². The Kier molecular flexibility index (Phi) is 3.42. The Balaban J connectivity index is 2.12. The maximum Gasteiger partial charge on any atom is 0.311 e. The molecule has 7 heteroatoms. The molecule has 1 aromatic heterocycles. The first kappa shape index (κ1) is 11.9. The smallest absolute Gasteiger partial charge is 0.311 e. The molecule has 0 bridgehead atoms. The lowest BCUT2D eigenvalue weighted by Crippen LogP contribution is -2.01. The van der Waals surface area contributed by atoms with E-state index >= 15 is 0 Å². The van der Waals surface area contributed by atoms with Crippen LogP contribution in [0.4, 0.5) is 11.4 Å². The van der Waals surface area contributed by atoms with Crippen LogP contribution in [0.15, 0.2) is 35.1 Å². The number of aromatic nitrogens is 1. The third-order valence-electron chi connectivity index (χ3n) is 2.34. The number of nitro groups is 1. The minimum absolute atomic E-state index is 0.0653. The molecule has 0 aliphatic carbocycles. The van der Waals surface area contributed by atoms with Gasteiger partial charge in [-0.05, 0) is 6.07 Å². The van der Waals surface area contributed by atoms with Gasteiger partial charge < -0.3 is 14.6 Å². The number of nitrogens with one attached hydrogen (secondary N) is 1. The van der Waals surface area contributed by atoms with E-state index < -0.39 is 4.92 Å². The predicted octanol–water partition coefficient (Wildman–Crippen LogP) is 2.20. The normalized spacial score (nSPS) is 10.1. The van der Waals surface area contributed by atoms with Crippen molar-refractivity contribution in [2.24, 2.45) is 0 Å². The van der Waals surface area contributed by atoms with Gasteiger partial charge in [0.1, 0.15) is 12.0 Å². The van der Waals surface area contributed by atoms with Gasteiger partial charge in [-0.2, -0.15) is 0 Å². The fraction of sp³-hybridized carbons (Fsp3) is 0.182. The molecule has 1 heterocycles. The second-order valence-electron chi connectivity index (χ2n) is 3.49. The van der Waals surface area contributed by atoms with Crippen LogP contribution in [-0.4, -0.2) is 17.2 Å². The van der Waals surface area contributed by atoms with E-state index in [1.54, 1.807) is 18.2 Å². The van der Waals surface area contributed by atoms with Crippen molar-refractivity contribution in [3.8, 4) is 5.75 Å². The summed E-state index contributed by atoms with van der Waals surface area (Å²) in [6.07, 6.45) is 1.48. The Bertz CT molecular complexity index is 539. The molecular formula is C11H11N3O4. The zero-order valence-corrected chi connectivity index (χ0v) is 9.62. The molecule has 2 aromatic rings.